The fourth-order valence-electron chi connectivity index (χ4n) is 3.19. The van der Waals surface area contributed by atoms with Crippen LogP contribution >= 0.6 is 0 Å². The molecule has 7 heteroatoms. The van der Waals surface area contributed by atoms with Crippen LogP contribution in [-0.2, 0) is 6.54 Å². The van der Waals surface area contributed by atoms with Gasteiger partial charge in [-0.15, -0.1) is 0 Å². The molecule has 0 saturated carbocycles. The topological polar surface area (TPSA) is 90.0 Å². The normalized spacial score (nSPS) is 17.5. The number of H-pyrrole nitrogens is 1. The van der Waals surface area contributed by atoms with Crippen molar-refractivity contribution < 1.29 is 5.11 Å². The number of benzene rings is 1. The van der Waals surface area contributed by atoms with Crippen LogP contribution in [0.5, 0.6) is 0 Å². The lowest BCUT2D eigenvalue weighted by Crippen LogP contribution is -2.32. The predicted octanol–water partition coefficient (Wildman–Crippen LogP) is 1.93. The zero-order chi connectivity index (χ0) is 16.4. The molecule has 2 aromatic heterocycles. The summed E-state index contributed by atoms with van der Waals surface area (Å²) in [4.78, 5) is 18.6. The smallest absolute Gasteiger partial charge is 0.134 e. The van der Waals surface area contributed by atoms with E-state index in [0.717, 1.165) is 47.9 Å². The first-order valence-electron chi connectivity index (χ1n) is 8.20. The van der Waals surface area contributed by atoms with Crippen LogP contribution in [-0.4, -0.2) is 44.2 Å². The molecule has 0 aliphatic carbocycles. The van der Waals surface area contributed by atoms with E-state index in [2.05, 4.69) is 30.2 Å². The molecule has 1 unspecified atom stereocenters. The number of aliphatic hydroxyl groups excluding tert-OH is 1. The summed E-state index contributed by atoms with van der Waals surface area (Å²) >= 11 is 0. The molecule has 0 radical (unpaired) electrons. The molecule has 1 fully saturated rings. The highest BCUT2D eigenvalue weighted by Gasteiger charge is 2.25. The molecule has 1 aromatic carbocycles. The number of aliphatic hydroxyl groups is 1. The van der Waals surface area contributed by atoms with Gasteiger partial charge in [0.2, 0.25) is 0 Å². The Kier molecular flexibility index (Phi) is 4.00. The number of imidazole rings is 1. The number of rotatable bonds is 5. The van der Waals surface area contributed by atoms with Crippen molar-refractivity contribution in [2.75, 3.05) is 23.4 Å². The van der Waals surface area contributed by atoms with Gasteiger partial charge in [0, 0.05) is 12.6 Å². The number of hydrogen-bond acceptors (Lipinski definition) is 6. The summed E-state index contributed by atoms with van der Waals surface area (Å²) in [6.45, 7) is 1.64. The zero-order valence-corrected chi connectivity index (χ0v) is 13.3. The monoisotopic (exact) mass is 324 g/mol. The highest BCUT2D eigenvalue weighted by Crippen LogP contribution is 2.24. The fraction of sp³-hybridized carbons (Fsp3) is 0.353. The second kappa shape index (κ2) is 6.45. The molecule has 3 aromatic rings. The highest BCUT2D eigenvalue weighted by atomic mass is 16.3. The zero-order valence-electron chi connectivity index (χ0n) is 13.3. The van der Waals surface area contributed by atoms with Crippen LogP contribution < -0.4 is 10.2 Å². The summed E-state index contributed by atoms with van der Waals surface area (Å²) in [6, 6.07) is 10.0. The van der Waals surface area contributed by atoms with Crippen LogP contribution in [0.25, 0.3) is 11.0 Å². The Balaban J connectivity index is 1.47. The number of hydrogen-bond donors (Lipinski definition) is 3. The minimum atomic E-state index is 0.156. The van der Waals surface area contributed by atoms with Crippen LogP contribution in [0.2, 0.25) is 0 Å². The van der Waals surface area contributed by atoms with E-state index in [9.17, 15) is 5.11 Å². The second-order valence-corrected chi connectivity index (χ2v) is 5.99. The van der Waals surface area contributed by atoms with E-state index >= 15 is 0 Å². The first kappa shape index (κ1) is 14.9. The van der Waals surface area contributed by atoms with Crippen molar-refractivity contribution in [3.05, 3.63) is 42.5 Å². The van der Waals surface area contributed by atoms with Gasteiger partial charge in [0.05, 0.1) is 30.2 Å². The van der Waals surface area contributed by atoms with Gasteiger partial charge in [0.15, 0.2) is 0 Å². The first-order chi connectivity index (χ1) is 11.8. The number of fused-ring (bicyclic) bond motifs is 1. The maximum absolute atomic E-state index is 9.48. The molecule has 0 bridgehead atoms. The van der Waals surface area contributed by atoms with Gasteiger partial charge in [-0.25, -0.2) is 15.0 Å². The molecule has 1 saturated heterocycles. The summed E-state index contributed by atoms with van der Waals surface area (Å²) in [5, 5.41) is 12.8. The van der Waals surface area contributed by atoms with E-state index in [0.29, 0.717) is 6.54 Å². The van der Waals surface area contributed by atoms with Gasteiger partial charge in [0.1, 0.15) is 23.8 Å². The third-order valence-corrected chi connectivity index (χ3v) is 4.41. The quantitative estimate of drug-likeness (QED) is 0.664. The Bertz CT molecular complexity index is 800. The standard InChI is InChI=1S/C17H20N6O/c24-10-12-4-3-7-23(12)17-8-15(19-11-20-17)18-9-16-21-13-5-1-2-6-14(13)22-16/h1-2,5-6,8,11-12,24H,3-4,7,9-10H2,(H,21,22)(H,18,19,20). The number of nitrogens with one attached hydrogen (secondary N) is 2. The Hall–Kier alpha value is -2.67. The van der Waals surface area contributed by atoms with Crippen molar-refractivity contribution in [1.29, 1.82) is 0 Å². The minimum absolute atomic E-state index is 0.156. The minimum Gasteiger partial charge on any atom is -0.394 e. The van der Waals surface area contributed by atoms with E-state index in [-0.39, 0.29) is 12.6 Å². The van der Waals surface area contributed by atoms with E-state index in [1.807, 2.05) is 30.3 Å². The van der Waals surface area contributed by atoms with Gasteiger partial charge in [-0.3, -0.25) is 0 Å². The number of aromatic nitrogens is 4. The molecule has 1 aliphatic rings. The van der Waals surface area contributed by atoms with E-state index in [1.54, 1.807) is 6.33 Å². The lowest BCUT2D eigenvalue weighted by atomic mass is 10.2. The van der Waals surface area contributed by atoms with Gasteiger partial charge in [0.25, 0.3) is 0 Å². The van der Waals surface area contributed by atoms with Crippen molar-refractivity contribution in [2.24, 2.45) is 0 Å². The molecular weight excluding hydrogens is 304 g/mol. The maximum Gasteiger partial charge on any atom is 0.134 e. The molecule has 3 N–H and O–H groups in total. The molecule has 7 nitrogen and oxygen atoms in total. The second-order valence-electron chi connectivity index (χ2n) is 5.99. The average Bonchev–Trinajstić information content (AvgIpc) is 3.26. The third kappa shape index (κ3) is 2.90. The predicted molar refractivity (Wildman–Crippen MR) is 92.9 cm³/mol. The fourth-order valence-corrected chi connectivity index (χ4v) is 3.19. The van der Waals surface area contributed by atoms with E-state index in [1.165, 1.54) is 0 Å². The molecule has 124 valence electrons. The largest absolute Gasteiger partial charge is 0.394 e. The van der Waals surface area contributed by atoms with E-state index in [4.69, 9.17) is 0 Å². The molecular formula is C17H20N6O. The number of nitrogens with zero attached hydrogens (tertiary/aromatic N) is 4. The first-order valence-corrected chi connectivity index (χ1v) is 8.20. The Labute approximate surface area is 139 Å². The SMILES string of the molecule is OCC1CCCN1c1cc(NCc2nc3ccccc3[nH]2)ncn1. The summed E-state index contributed by atoms with van der Waals surface area (Å²) < 4.78 is 0. The van der Waals surface area contributed by atoms with Crippen LogP contribution in [0.4, 0.5) is 11.6 Å². The molecule has 0 spiro atoms. The van der Waals surface area contributed by atoms with Gasteiger partial charge in [-0.2, -0.15) is 0 Å². The summed E-state index contributed by atoms with van der Waals surface area (Å²) in [5.41, 5.74) is 1.99. The maximum atomic E-state index is 9.48. The summed E-state index contributed by atoms with van der Waals surface area (Å²) in [5.74, 6) is 2.48. The van der Waals surface area contributed by atoms with Crippen LogP contribution in [0.3, 0.4) is 0 Å². The van der Waals surface area contributed by atoms with Crippen molar-refractivity contribution in [1.82, 2.24) is 19.9 Å². The number of aromatic amines is 1. The Morgan fingerprint density at radius 2 is 2.21 bits per heavy atom. The molecule has 0 amide bonds. The molecule has 1 aliphatic heterocycles. The molecule has 4 rings (SSSR count). The highest BCUT2D eigenvalue weighted by molar-refractivity contribution is 5.74. The summed E-state index contributed by atoms with van der Waals surface area (Å²) in [6.07, 6.45) is 3.64. The van der Waals surface area contributed by atoms with E-state index < -0.39 is 0 Å². The molecule has 1 atom stereocenters. The molecule has 3 heterocycles. The van der Waals surface area contributed by atoms with Crippen molar-refractivity contribution in [2.45, 2.75) is 25.4 Å². The lowest BCUT2D eigenvalue weighted by Gasteiger charge is -2.24. The van der Waals surface area contributed by atoms with Crippen molar-refractivity contribution >= 4 is 22.7 Å². The van der Waals surface area contributed by atoms with Gasteiger partial charge < -0.3 is 20.3 Å². The van der Waals surface area contributed by atoms with Crippen LogP contribution in [0.15, 0.2) is 36.7 Å². The van der Waals surface area contributed by atoms with Crippen molar-refractivity contribution in [3.63, 3.8) is 0 Å². The van der Waals surface area contributed by atoms with Crippen LogP contribution in [0.1, 0.15) is 18.7 Å². The number of para-hydroxylation sites is 2. The third-order valence-electron chi connectivity index (χ3n) is 4.41. The lowest BCUT2D eigenvalue weighted by molar-refractivity contribution is 0.266. The Morgan fingerprint density at radius 1 is 1.29 bits per heavy atom. The summed E-state index contributed by atoms with van der Waals surface area (Å²) in [7, 11) is 0. The van der Waals surface area contributed by atoms with Crippen LogP contribution in [0, 0.1) is 0 Å². The van der Waals surface area contributed by atoms with Crippen molar-refractivity contribution in [3.8, 4) is 0 Å². The Morgan fingerprint density at radius 3 is 3.08 bits per heavy atom. The van der Waals surface area contributed by atoms with Gasteiger partial charge in [-0.1, -0.05) is 12.1 Å². The molecule has 24 heavy (non-hydrogen) atoms. The van der Waals surface area contributed by atoms with Gasteiger partial charge in [-0.05, 0) is 25.0 Å². The van der Waals surface area contributed by atoms with Gasteiger partial charge >= 0.3 is 0 Å². The number of anilines is 2. The average molecular weight is 324 g/mol.